The fourth-order valence-corrected chi connectivity index (χ4v) is 3.17. The van der Waals surface area contributed by atoms with Gasteiger partial charge in [0.15, 0.2) is 5.11 Å². The van der Waals surface area contributed by atoms with Gasteiger partial charge in [-0.25, -0.2) is 0 Å². The Hall–Kier alpha value is -2.20. The van der Waals surface area contributed by atoms with Crippen LogP contribution in [0.25, 0.3) is 16.8 Å². The van der Waals surface area contributed by atoms with Gasteiger partial charge in [-0.2, -0.15) is 0 Å². The average molecular weight is 324 g/mol. The number of likely N-dealkylation sites (tertiary alicyclic amines) is 1. The zero-order valence-electron chi connectivity index (χ0n) is 13.0. The summed E-state index contributed by atoms with van der Waals surface area (Å²) in [5.41, 5.74) is 1.03. The van der Waals surface area contributed by atoms with Crippen molar-refractivity contribution < 1.29 is 4.79 Å². The topological polar surface area (TPSA) is 32.3 Å². The van der Waals surface area contributed by atoms with E-state index in [9.17, 15) is 4.79 Å². The highest BCUT2D eigenvalue weighted by molar-refractivity contribution is 7.80. The van der Waals surface area contributed by atoms with Crippen molar-refractivity contribution in [2.24, 2.45) is 0 Å². The van der Waals surface area contributed by atoms with Crippen LogP contribution in [0.15, 0.2) is 48.5 Å². The molecule has 0 unspecified atom stereocenters. The minimum Gasteiger partial charge on any atom is -0.349 e. The Morgan fingerprint density at radius 1 is 1.04 bits per heavy atom. The number of carbonyl (C=O) groups is 1. The molecule has 1 aliphatic rings. The average Bonchev–Trinajstić information content (AvgIpc) is 2.60. The van der Waals surface area contributed by atoms with Gasteiger partial charge in [0.25, 0.3) is 0 Å². The van der Waals surface area contributed by atoms with Gasteiger partial charge in [0.05, 0.1) is 0 Å². The van der Waals surface area contributed by atoms with Crippen molar-refractivity contribution in [2.45, 2.75) is 19.3 Å². The number of carbonyl (C=O) groups excluding carboxylic acids is 1. The maximum Gasteiger partial charge on any atom is 0.250 e. The van der Waals surface area contributed by atoms with Crippen LogP contribution in [0.5, 0.6) is 0 Å². The van der Waals surface area contributed by atoms with E-state index >= 15 is 0 Å². The number of hydrogen-bond donors (Lipinski definition) is 1. The molecule has 1 N–H and O–H groups in total. The first-order valence-electron chi connectivity index (χ1n) is 8.00. The summed E-state index contributed by atoms with van der Waals surface area (Å²) >= 11 is 5.32. The summed E-state index contributed by atoms with van der Waals surface area (Å²) in [4.78, 5) is 14.2. The molecule has 2 aromatic carbocycles. The summed E-state index contributed by atoms with van der Waals surface area (Å²) in [6.45, 7) is 1.87. The molecule has 2 aromatic rings. The third-order valence-corrected chi connectivity index (χ3v) is 4.47. The Morgan fingerprint density at radius 3 is 2.61 bits per heavy atom. The summed E-state index contributed by atoms with van der Waals surface area (Å²) in [6, 6.07) is 14.2. The molecule has 0 spiro atoms. The minimum absolute atomic E-state index is 0.173. The van der Waals surface area contributed by atoms with Crippen LogP contribution in [-0.4, -0.2) is 29.0 Å². The normalized spacial score (nSPS) is 15.0. The summed E-state index contributed by atoms with van der Waals surface area (Å²) in [5, 5.41) is 5.64. The zero-order valence-corrected chi connectivity index (χ0v) is 13.8. The minimum atomic E-state index is -0.173. The van der Waals surface area contributed by atoms with Gasteiger partial charge in [0, 0.05) is 19.2 Å². The van der Waals surface area contributed by atoms with Gasteiger partial charge in [-0.05, 0) is 53.9 Å². The van der Waals surface area contributed by atoms with E-state index in [0.29, 0.717) is 5.11 Å². The predicted octanol–water partition coefficient (Wildman–Crippen LogP) is 3.74. The van der Waals surface area contributed by atoms with Crippen LogP contribution in [0, 0.1) is 0 Å². The van der Waals surface area contributed by atoms with Gasteiger partial charge in [-0.1, -0.05) is 42.5 Å². The van der Waals surface area contributed by atoms with Gasteiger partial charge in [0.1, 0.15) is 0 Å². The van der Waals surface area contributed by atoms with E-state index in [1.807, 2.05) is 30.3 Å². The molecule has 4 heteroatoms. The molecule has 1 saturated heterocycles. The van der Waals surface area contributed by atoms with Crippen LogP contribution >= 0.6 is 12.2 Å². The van der Waals surface area contributed by atoms with E-state index < -0.39 is 0 Å². The summed E-state index contributed by atoms with van der Waals surface area (Å²) in [5.74, 6) is -0.173. The van der Waals surface area contributed by atoms with Crippen molar-refractivity contribution >= 4 is 40.1 Å². The largest absolute Gasteiger partial charge is 0.349 e. The van der Waals surface area contributed by atoms with Crippen LogP contribution in [0.1, 0.15) is 24.8 Å². The molecule has 118 valence electrons. The number of benzene rings is 2. The highest BCUT2D eigenvalue weighted by Gasteiger charge is 2.14. The van der Waals surface area contributed by atoms with Crippen molar-refractivity contribution in [1.29, 1.82) is 0 Å². The second-order valence-corrected chi connectivity index (χ2v) is 6.13. The highest BCUT2D eigenvalue weighted by Crippen LogP contribution is 2.19. The van der Waals surface area contributed by atoms with Crippen molar-refractivity contribution in [3.05, 3.63) is 54.1 Å². The second-order valence-electron chi connectivity index (χ2n) is 5.74. The van der Waals surface area contributed by atoms with Gasteiger partial charge < -0.3 is 4.90 Å². The van der Waals surface area contributed by atoms with Crippen molar-refractivity contribution in [3.63, 3.8) is 0 Å². The molecule has 1 heterocycles. The molecule has 1 amide bonds. The Balaban J connectivity index is 1.67. The van der Waals surface area contributed by atoms with E-state index in [1.165, 1.54) is 11.8 Å². The van der Waals surface area contributed by atoms with Crippen LogP contribution in [0.2, 0.25) is 0 Å². The lowest BCUT2D eigenvalue weighted by atomic mass is 10.0. The first kappa shape index (κ1) is 15.7. The van der Waals surface area contributed by atoms with Crippen molar-refractivity contribution in [2.75, 3.05) is 13.1 Å². The first-order valence-corrected chi connectivity index (χ1v) is 8.40. The monoisotopic (exact) mass is 324 g/mol. The van der Waals surface area contributed by atoms with E-state index in [-0.39, 0.29) is 5.91 Å². The molecule has 0 aliphatic carbocycles. The lowest BCUT2D eigenvalue weighted by molar-refractivity contribution is -0.115. The number of nitrogens with zero attached hydrogens (tertiary/aromatic N) is 1. The molecule has 0 atom stereocenters. The Morgan fingerprint density at radius 2 is 1.78 bits per heavy atom. The molecule has 1 fully saturated rings. The molecule has 0 aromatic heterocycles. The van der Waals surface area contributed by atoms with Gasteiger partial charge in [-0.3, -0.25) is 10.1 Å². The number of piperidine rings is 1. The SMILES string of the molecule is O=C(C=Cc1cccc2ccccc12)NC(=S)N1CCCCC1. The van der Waals surface area contributed by atoms with E-state index in [2.05, 4.69) is 28.4 Å². The number of nitrogens with one attached hydrogen (secondary N) is 1. The standard InChI is InChI=1S/C19H20N2OS/c22-18(20-19(23)21-13-4-1-5-14-21)12-11-16-9-6-8-15-7-2-3-10-17(15)16/h2-3,6-12H,1,4-5,13-14H2,(H,20,22,23). The Labute approximate surface area is 142 Å². The van der Waals surface area contributed by atoms with Crippen molar-refractivity contribution in [3.8, 4) is 0 Å². The molecule has 0 radical (unpaired) electrons. The maximum atomic E-state index is 12.1. The van der Waals surface area contributed by atoms with E-state index in [4.69, 9.17) is 12.2 Å². The lowest BCUT2D eigenvalue weighted by Gasteiger charge is -2.28. The smallest absolute Gasteiger partial charge is 0.250 e. The van der Waals surface area contributed by atoms with E-state index in [0.717, 1.165) is 36.9 Å². The fourth-order valence-electron chi connectivity index (χ4n) is 2.88. The van der Waals surface area contributed by atoms with Gasteiger partial charge in [-0.15, -0.1) is 0 Å². The zero-order chi connectivity index (χ0) is 16.1. The molecular formula is C19H20N2OS. The quantitative estimate of drug-likeness (QED) is 0.675. The van der Waals surface area contributed by atoms with Crippen LogP contribution in [0.3, 0.4) is 0 Å². The number of thiocarbonyl (C=S) groups is 1. The number of amides is 1. The highest BCUT2D eigenvalue weighted by atomic mass is 32.1. The third-order valence-electron chi connectivity index (χ3n) is 4.11. The molecular weight excluding hydrogens is 304 g/mol. The molecule has 1 aliphatic heterocycles. The Bertz CT molecular complexity index is 743. The number of hydrogen-bond acceptors (Lipinski definition) is 2. The summed E-state index contributed by atoms with van der Waals surface area (Å²) in [7, 11) is 0. The van der Waals surface area contributed by atoms with Crippen LogP contribution in [-0.2, 0) is 4.79 Å². The number of rotatable bonds is 2. The molecule has 3 rings (SSSR count). The summed E-state index contributed by atoms with van der Waals surface area (Å²) in [6.07, 6.45) is 6.92. The van der Waals surface area contributed by atoms with Crippen LogP contribution in [0.4, 0.5) is 0 Å². The first-order chi connectivity index (χ1) is 11.2. The third kappa shape index (κ3) is 3.96. The van der Waals surface area contributed by atoms with Gasteiger partial charge in [0.2, 0.25) is 5.91 Å². The number of fused-ring (bicyclic) bond motifs is 1. The van der Waals surface area contributed by atoms with E-state index in [1.54, 1.807) is 6.08 Å². The molecule has 0 bridgehead atoms. The fraction of sp³-hybridized carbons (Fsp3) is 0.263. The predicted molar refractivity (Wildman–Crippen MR) is 99.1 cm³/mol. The molecule has 0 saturated carbocycles. The second kappa shape index (κ2) is 7.38. The van der Waals surface area contributed by atoms with Crippen molar-refractivity contribution in [1.82, 2.24) is 10.2 Å². The van der Waals surface area contributed by atoms with Gasteiger partial charge >= 0.3 is 0 Å². The van der Waals surface area contributed by atoms with Crippen LogP contribution < -0.4 is 5.32 Å². The summed E-state index contributed by atoms with van der Waals surface area (Å²) < 4.78 is 0. The lowest BCUT2D eigenvalue weighted by Crippen LogP contribution is -2.44. The Kier molecular flexibility index (Phi) is 5.03. The molecule has 3 nitrogen and oxygen atoms in total. The molecule has 23 heavy (non-hydrogen) atoms. The maximum absolute atomic E-state index is 12.1.